The van der Waals surface area contributed by atoms with E-state index in [1.54, 1.807) is 48.5 Å². The molecule has 2 aromatic carbocycles. The van der Waals surface area contributed by atoms with Crippen molar-refractivity contribution in [2.24, 2.45) is 0 Å². The second kappa shape index (κ2) is 9.92. The van der Waals surface area contributed by atoms with Crippen LogP contribution in [-0.2, 0) is 14.6 Å². The Labute approximate surface area is 170 Å². The second-order valence-corrected chi connectivity index (χ2v) is 8.62. The molecule has 0 fully saturated rings. The third-order valence-electron chi connectivity index (χ3n) is 4.11. The number of carbonyl (C=O) groups excluding carboxylic acids is 2. The Morgan fingerprint density at radius 2 is 1.66 bits per heavy atom. The fourth-order valence-electron chi connectivity index (χ4n) is 2.57. The van der Waals surface area contributed by atoms with E-state index in [1.165, 1.54) is 14.2 Å². The van der Waals surface area contributed by atoms with Crippen molar-refractivity contribution >= 4 is 27.3 Å². The highest BCUT2D eigenvalue weighted by atomic mass is 32.2. The van der Waals surface area contributed by atoms with Crippen molar-refractivity contribution in [3.8, 4) is 11.5 Å². The van der Waals surface area contributed by atoms with E-state index < -0.39 is 27.7 Å². The number of para-hydroxylation sites is 1. The summed E-state index contributed by atoms with van der Waals surface area (Å²) >= 11 is 0. The van der Waals surface area contributed by atoms with Gasteiger partial charge in [0.05, 0.1) is 25.5 Å². The molecule has 0 aliphatic rings. The number of anilines is 1. The van der Waals surface area contributed by atoms with Crippen LogP contribution in [0.15, 0.2) is 48.5 Å². The lowest BCUT2D eigenvalue weighted by Crippen LogP contribution is -2.44. The SMILES string of the molecule is COc1ccc(NC(=O)[C@H](CCS(C)(=O)=O)NC(=O)c2ccccc2OC)cc1. The predicted molar refractivity (Wildman–Crippen MR) is 110 cm³/mol. The predicted octanol–water partition coefficient (Wildman–Crippen LogP) is 1.88. The maximum Gasteiger partial charge on any atom is 0.255 e. The molecule has 2 aromatic rings. The lowest BCUT2D eigenvalue weighted by molar-refractivity contribution is -0.118. The highest BCUT2D eigenvalue weighted by Gasteiger charge is 2.24. The summed E-state index contributed by atoms with van der Waals surface area (Å²) in [6.07, 6.45) is 1.01. The molecule has 0 unspecified atom stereocenters. The van der Waals surface area contributed by atoms with Gasteiger partial charge < -0.3 is 20.1 Å². The van der Waals surface area contributed by atoms with Gasteiger partial charge in [-0.05, 0) is 42.8 Å². The highest BCUT2D eigenvalue weighted by Crippen LogP contribution is 2.18. The van der Waals surface area contributed by atoms with Crippen LogP contribution in [0.4, 0.5) is 5.69 Å². The van der Waals surface area contributed by atoms with Gasteiger partial charge in [0.25, 0.3) is 5.91 Å². The van der Waals surface area contributed by atoms with Gasteiger partial charge in [-0.3, -0.25) is 9.59 Å². The highest BCUT2D eigenvalue weighted by molar-refractivity contribution is 7.90. The summed E-state index contributed by atoms with van der Waals surface area (Å²) in [5.41, 5.74) is 0.739. The third-order valence-corrected chi connectivity index (χ3v) is 5.09. The van der Waals surface area contributed by atoms with Crippen LogP contribution in [-0.4, -0.2) is 52.5 Å². The third kappa shape index (κ3) is 6.79. The van der Waals surface area contributed by atoms with Crippen LogP contribution in [0, 0.1) is 0 Å². The first kappa shape index (κ1) is 22.2. The lowest BCUT2D eigenvalue weighted by Gasteiger charge is -2.19. The van der Waals surface area contributed by atoms with E-state index in [1.807, 2.05) is 0 Å². The number of benzene rings is 2. The zero-order valence-corrected chi connectivity index (χ0v) is 17.3. The summed E-state index contributed by atoms with van der Waals surface area (Å²) < 4.78 is 33.4. The van der Waals surface area contributed by atoms with E-state index >= 15 is 0 Å². The van der Waals surface area contributed by atoms with Crippen molar-refractivity contribution < 1.29 is 27.5 Å². The number of sulfone groups is 1. The van der Waals surface area contributed by atoms with Gasteiger partial charge in [0, 0.05) is 11.9 Å². The fourth-order valence-corrected chi connectivity index (χ4v) is 3.24. The molecule has 0 saturated heterocycles. The van der Waals surface area contributed by atoms with Crippen molar-refractivity contribution in [3.05, 3.63) is 54.1 Å². The number of nitrogens with one attached hydrogen (secondary N) is 2. The van der Waals surface area contributed by atoms with E-state index in [4.69, 9.17) is 9.47 Å². The number of carbonyl (C=O) groups is 2. The van der Waals surface area contributed by atoms with Gasteiger partial charge in [0.2, 0.25) is 5.91 Å². The number of ether oxygens (including phenoxy) is 2. The van der Waals surface area contributed by atoms with Gasteiger partial charge >= 0.3 is 0 Å². The summed E-state index contributed by atoms with van der Waals surface area (Å²) in [6, 6.07) is 12.2. The topological polar surface area (TPSA) is 111 Å². The molecule has 0 saturated carbocycles. The summed E-state index contributed by atoms with van der Waals surface area (Å²) in [6.45, 7) is 0. The van der Waals surface area contributed by atoms with Crippen LogP contribution in [0.2, 0.25) is 0 Å². The van der Waals surface area contributed by atoms with Gasteiger partial charge in [0.15, 0.2) is 0 Å². The number of methoxy groups -OCH3 is 2. The largest absolute Gasteiger partial charge is 0.497 e. The minimum absolute atomic E-state index is 0.0677. The van der Waals surface area contributed by atoms with Crippen molar-refractivity contribution in [2.75, 3.05) is 31.5 Å². The molecular weight excluding hydrogens is 396 g/mol. The van der Waals surface area contributed by atoms with E-state index in [0.717, 1.165) is 6.26 Å². The lowest BCUT2D eigenvalue weighted by atomic mass is 10.1. The molecule has 1 atom stereocenters. The number of amides is 2. The molecule has 2 rings (SSSR count). The number of hydrogen-bond donors (Lipinski definition) is 2. The van der Waals surface area contributed by atoms with Crippen LogP contribution >= 0.6 is 0 Å². The first-order valence-electron chi connectivity index (χ1n) is 8.80. The van der Waals surface area contributed by atoms with Crippen molar-refractivity contribution in [1.82, 2.24) is 5.32 Å². The average molecular weight is 420 g/mol. The molecule has 156 valence electrons. The Kier molecular flexibility index (Phi) is 7.60. The first-order valence-corrected chi connectivity index (χ1v) is 10.9. The van der Waals surface area contributed by atoms with Gasteiger partial charge in [-0.2, -0.15) is 0 Å². The molecule has 2 amide bonds. The molecule has 0 spiro atoms. The van der Waals surface area contributed by atoms with E-state index in [0.29, 0.717) is 17.2 Å². The van der Waals surface area contributed by atoms with Gasteiger partial charge in [-0.1, -0.05) is 12.1 Å². The zero-order chi connectivity index (χ0) is 21.4. The Morgan fingerprint density at radius 1 is 1.00 bits per heavy atom. The summed E-state index contributed by atoms with van der Waals surface area (Å²) in [7, 11) is -0.356. The van der Waals surface area contributed by atoms with Crippen LogP contribution in [0.25, 0.3) is 0 Å². The fraction of sp³-hybridized carbons (Fsp3) is 0.300. The van der Waals surface area contributed by atoms with Crippen molar-refractivity contribution in [3.63, 3.8) is 0 Å². The average Bonchev–Trinajstić information content (AvgIpc) is 2.70. The van der Waals surface area contributed by atoms with Gasteiger partial charge in [-0.15, -0.1) is 0 Å². The molecule has 9 heteroatoms. The molecule has 29 heavy (non-hydrogen) atoms. The summed E-state index contributed by atoms with van der Waals surface area (Å²) in [5, 5.41) is 5.28. The monoisotopic (exact) mass is 420 g/mol. The molecule has 0 aliphatic heterocycles. The van der Waals surface area contributed by atoms with Crippen LogP contribution < -0.4 is 20.1 Å². The Balaban J connectivity index is 2.18. The van der Waals surface area contributed by atoms with Gasteiger partial charge in [0.1, 0.15) is 27.4 Å². The minimum Gasteiger partial charge on any atom is -0.497 e. The molecule has 8 nitrogen and oxygen atoms in total. The Morgan fingerprint density at radius 3 is 2.24 bits per heavy atom. The van der Waals surface area contributed by atoms with Gasteiger partial charge in [-0.25, -0.2) is 8.42 Å². The van der Waals surface area contributed by atoms with E-state index in [-0.39, 0.29) is 17.7 Å². The molecule has 0 heterocycles. The normalized spacial score (nSPS) is 12.0. The first-order chi connectivity index (χ1) is 13.7. The van der Waals surface area contributed by atoms with E-state index in [9.17, 15) is 18.0 Å². The maximum atomic E-state index is 12.7. The molecule has 2 N–H and O–H groups in total. The molecule has 0 radical (unpaired) electrons. The minimum atomic E-state index is -3.32. The molecule has 0 aromatic heterocycles. The Bertz CT molecular complexity index is 957. The number of rotatable bonds is 9. The summed E-state index contributed by atoms with van der Waals surface area (Å²) in [5.74, 6) is -0.337. The Hall–Kier alpha value is -3.07. The zero-order valence-electron chi connectivity index (χ0n) is 16.5. The van der Waals surface area contributed by atoms with E-state index in [2.05, 4.69) is 10.6 Å². The van der Waals surface area contributed by atoms with Crippen LogP contribution in [0.1, 0.15) is 16.8 Å². The summed E-state index contributed by atoms with van der Waals surface area (Å²) in [4.78, 5) is 25.4. The number of hydrogen-bond acceptors (Lipinski definition) is 6. The second-order valence-electron chi connectivity index (χ2n) is 6.36. The van der Waals surface area contributed by atoms with Crippen LogP contribution in [0.5, 0.6) is 11.5 Å². The molecule has 0 aliphatic carbocycles. The quantitative estimate of drug-likeness (QED) is 0.641. The standard InChI is InChI=1S/C20H24N2O6S/c1-27-15-10-8-14(9-11-15)21-20(24)17(12-13-29(3,25)26)22-19(23)16-6-4-5-7-18(16)28-2/h4-11,17H,12-13H2,1-3H3,(H,21,24)(H,22,23)/t17-/m0/s1. The maximum absolute atomic E-state index is 12.7. The van der Waals surface area contributed by atoms with Crippen molar-refractivity contribution in [1.29, 1.82) is 0 Å². The van der Waals surface area contributed by atoms with Crippen molar-refractivity contribution in [2.45, 2.75) is 12.5 Å². The molecule has 0 bridgehead atoms. The smallest absolute Gasteiger partial charge is 0.255 e. The van der Waals surface area contributed by atoms with Crippen LogP contribution in [0.3, 0.4) is 0 Å². The molecular formula is C20H24N2O6S.